The Kier molecular flexibility index (Phi) is 5.83. The highest BCUT2D eigenvalue weighted by Crippen LogP contribution is 2.32. The minimum atomic E-state index is -4.80. The van der Waals surface area contributed by atoms with E-state index < -0.39 is 18.1 Å². The highest BCUT2D eigenvalue weighted by molar-refractivity contribution is 5.88. The molecule has 0 saturated heterocycles. The number of ether oxygens (including phenoxy) is 1. The zero-order chi connectivity index (χ0) is 23.6. The molecule has 33 heavy (non-hydrogen) atoms. The number of benzene rings is 1. The normalized spacial score (nSPS) is 15.0. The molecule has 4 rings (SSSR count). The molecule has 2 aromatic heterocycles. The van der Waals surface area contributed by atoms with Gasteiger partial charge in [0.05, 0.1) is 11.0 Å². The van der Waals surface area contributed by atoms with Gasteiger partial charge in [0.1, 0.15) is 17.9 Å². The SMILES string of the molecule is FC(F)(F)Oc1ccc(Nc2ncnc3nn(C4=CC(C(F)(F)F)=CC=CCC4)cc23)cc1. The summed E-state index contributed by atoms with van der Waals surface area (Å²) in [6, 6.07) is 5.00. The average molecular weight is 467 g/mol. The molecule has 0 saturated carbocycles. The van der Waals surface area contributed by atoms with Crippen molar-refractivity contribution in [3.8, 4) is 5.75 Å². The first kappa shape index (κ1) is 22.4. The number of anilines is 2. The molecule has 1 N–H and O–H groups in total. The fraction of sp³-hybridized carbons (Fsp3) is 0.190. The predicted molar refractivity (Wildman–Crippen MR) is 109 cm³/mol. The molecule has 0 amide bonds. The Bertz CT molecular complexity index is 1240. The summed E-state index contributed by atoms with van der Waals surface area (Å²) >= 11 is 0. The van der Waals surface area contributed by atoms with Gasteiger partial charge < -0.3 is 10.1 Å². The fourth-order valence-electron chi connectivity index (χ4n) is 3.12. The maximum absolute atomic E-state index is 13.3. The van der Waals surface area contributed by atoms with Crippen LogP contribution in [-0.2, 0) is 0 Å². The van der Waals surface area contributed by atoms with Gasteiger partial charge in [-0.05, 0) is 43.2 Å². The van der Waals surface area contributed by atoms with Crippen molar-refractivity contribution < 1.29 is 31.1 Å². The molecule has 6 nitrogen and oxygen atoms in total. The van der Waals surface area contributed by atoms with Gasteiger partial charge >= 0.3 is 12.5 Å². The van der Waals surface area contributed by atoms with Crippen molar-refractivity contribution in [1.82, 2.24) is 19.7 Å². The van der Waals surface area contributed by atoms with E-state index in [0.717, 1.165) is 24.3 Å². The van der Waals surface area contributed by atoms with Gasteiger partial charge in [-0.2, -0.15) is 13.2 Å². The van der Waals surface area contributed by atoms with Crippen LogP contribution in [0.1, 0.15) is 12.8 Å². The van der Waals surface area contributed by atoms with Crippen molar-refractivity contribution in [1.29, 1.82) is 0 Å². The van der Waals surface area contributed by atoms with Crippen LogP contribution in [0.4, 0.5) is 37.8 Å². The van der Waals surface area contributed by atoms with E-state index in [1.165, 1.54) is 35.4 Å². The third-order valence-electron chi connectivity index (χ3n) is 4.59. The third kappa shape index (κ3) is 5.51. The molecule has 1 aliphatic carbocycles. The Morgan fingerprint density at radius 1 is 1.00 bits per heavy atom. The number of allylic oxidation sites excluding steroid dienone is 6. The van der Waals surface area contributed by atoms with Crippen molar-refractivity contribution >= 4 is 28.2 Å². The molecule has 0 bridgehead atoms. The zero-order valence-electron chi connectivity index (χ0n) is 16.7. The van der Waals surface area contributed by atoms with Crippen LogP contribution in [0.3, 0.4) is 0 Å². The number of aromatic nitrogens is 4. The molecule has 172 valence electrons. The van der Waals surface area contributed by atoms with Crippen molar-refractivity contribution in [2.24, 2.45) is 0 Å². The Labute approximate surface area is 182 Å². The molecule has 0 fully saturated rings. The van der Waals surface area contributed by atoms with Crippen LogP contribution in [0, 0.1) is 0 Å². The van der Waals surface area contributed by atoms with Crippen LogP contribution in [0.2, 0.25) is 0 Å². The number of halogens is 6. The number of hydrogen-bond donors (Lipinski definition) is 1. The Hall–Kier alpha value is -3.83. The van der Waals surface area contributed by atoms with Gasteiger partial charge in [-0.3, -0.25) is 0 Å². The Morgan fingerprint density at radius 2 is 1.76 bits per heavy atom. The van der Waals surface area contributed by atoms with E-state index in [2.05, 4.69) is 25.1 Å². The molecule has 1 aliphatic rings. The van der Waals surface area contributed by atoms with Crippen molar-refractivity contribution in [2.75, 3.05) is 5.32 Å². The van der Waals surface area contributed by atoms with Gasteiger partial charge in [-0.25, -0.2) is 14.6 Å². The predicted octanol–water partition coefficient (Wildman–Crippen LogP) is 6.15. The van der Waals surface area contributed by atoms with E-state index in [9.17, 15) is 26.3 Å². The molecule has 0 atom stereocenters. The second-order valence-electron chi connectivity index (χ2n) is 6.95. The van der Waals surface area contributed by atoms with Gasteiger partial charge in [-0.15, -0.1) is 18.3 Å². The van der Waals surface area contributed by atoms with E-state index in [-0.39, 0.29) is 17.2 Å². The largest absolute Gasteiger partial charge is 0.573 e. The van der Waals surface area contributed by atoms with Crippen molar-refractivity contribution in [2.45, 2.75) is 25.4 Å². The monoisotopic (exact) mass is 467 g/mol. The smallest absolute Gasteiger partial charge is 0.406 e. The lowest BCUT2D eigenvalue weighted by atomic mass is 10.1. The van der Waals surface area contributed by atoms with E-state index >= 15 is 0 Å². The lowest BCUT2D eigenvalue weighted by Crippen LogP contribution is -2.16. The summed E-state index contributed by atoms with van der Waals surface area (Å²) in [4.78, 5) is 8.18. The van der Waals surface area contributed by atoms with Gasteiger partial charge in [0.2, 0.25) is 0 Å². The van der Waals surface area contributed by atoms with Crippen LogP contribution in [-0.4, -0.2) is 32.3 Å². The van der Waals surface area contributed by atoms with Gasteiger partial charge in [0, 0.05) is 17.6 Å². The molecule has 3 aromatic rings. The van der Waals surface area contributed by atoms with Crippen LogP contribution in [0.15, 0.2) is 66.7 Å². The van der Waals surface area contributed by atoms with E-state index in [0.29, 0.717) is 29.6 Å². The highest BCUT2D eigenvalue weighted by Gasteiger charge is 2.32. The van der Waals surface area contributed by atoms with Crippen LogP contribution < -0.4 is 10.1 Å². The number of nitrogens with one attached hydrogen (secondary N) is 1. The first-order valence-corrected chi connectivity index (χ1v) is 9.57. The van der Waals surface area contributed by atoms with E-state index in [1.54, 1.807) is 6.08 Å². The zero-order valence-corrected chi connectivity index (χ0v) is 16.7. The average Bonchev–Trinajstić information content (AvgIpc) is 3.12. The van der Waals surface area contributed by atoms with Crippen molar-refractivity contribution in [3.05, 3.63) is 66.7 Å². The topological polar surface area (TPSA) is 64.9 Å². The number of hydrogen-bond acceptors (Lipinski definition) is 5. The minimum Gasteiger partial charge on any atom is -0.406 e. The summed E-state index contributed by atoms with van der Waals surface area (Å²) in [6.07, 6.45) is -0.713. The number of rotatable bonds is 4. The van der Waals surface area contributed by atoms with Gasteiger partial charge in [0.15, 0.2) is 5.65 Å². The molecule has 1 aromatic carbocycles. The molecule has 2 heterocycles. The maximum atomic E-state index is 13.3. The van der Waals surface area contributed by atoms with Gasteiger partial charge in [0.25, 0.3) is 0 Å². The second-order valence-corrected chi connectivity index (χ2v) is 6.95. The third-order valence-corrected chi connectivity index (χ3v) is 4.59. The summed E-state index contributed by atoms with van der Waals surface area (Å²) in [7, 11) is 0. The fourth-order valence-corrected chi connectivity index (χ4v) is 3.12. The summed E-state index contributed by atoms with van der Waals surface area (Å²) in [6.45, 7) is 0. The van der Waals surface area contributed by atoms with Crippen LogP contribution in [0.25, 0.3) is 16.7 Å². The lowest BCUT2D eigenvalue weighted by Gasteiger charge is -2.12. The van der Waals surface area contributed by atoms with Gasteiger partial charge in [-0.1, -0.05) is 18.2 Å². The number of nitrogens with zero attached hydrogens (tertiary/aromatic N) is 4. The Balaban J connectivity index is 1.63. The molecule has 0 radical (unpaired) electrons. The van der Waals surface area contributed by atoms with E-state index in [4.69, 9.17) is 0 Å². The highest BCUT2D eigenvalue weighted by atomic mass is 19.4. The standard InChI is InChI=1S/C21H15F6N5O/c22-20(23,24)13-4-2-1-3-5-15(10-13)32-11-17-18(28-12-29-19(17)31-32)30-14-6-8-16(9-7-14)33-21(25,26)27/h1-2,4,6-12H,3,5H2,(H,28,29,30,31). The number of alkyl halides is 6. The Morgan fingerprint density at radius 3 is 2.45 bits per heavy atom. The molecule has 12 heteroatoms. The molecule has 0 unspecified atom stereocenters. The summed E-state index contributed by atoms with van der Waals surface area (Å²) in [5.74, 6) is -0.0961. The maximum Gasteiger partial charge on any atom is 0.573 e. The summed E-state index contributed by atoms with van der Waals surface area (Å²) in [5, 5.41) is 7.64. The first-order valence-electron chi connectivity index (χ1n) is 9.57. The number of fused-ring (bicyclic) bond motifs is 1. The van der Waals surface area contributed by atoms with Crippen LogP contribution >= 0.6 is 0 Å². The van der Waals surface area contributed by atoms with E-state index in [1.807, 2.05) is 0 Å². The van der Waals surface area contributed by atoms with Crippen LogP contribution in [0.5, 0.6) is 5.75 Å². The molecule has 0 aliphatic heterocycles. The first-order chi connectivity index (χ1) is 15.6. The molecular formula is C21H15F6N5O. The van der Waals surface area contributed by atoms with Crippen molar-refractivity contribution in [3.63, 3.8) is 0 Å². The molecule has 0 spiro atoms. The lowest BCUT2D eigenvalue weighted by molar-refractivity contribution is -0.274. The summed E-state index contributed by atoms with van der Waals surface area (Å²) in [5.41, 5.74) is 0.162. The summed E-state index contributed by atoms with van der Waals surface area (Å²) < 4.78 is 82.0. The molecular weight excluding hydrogens is 452 g/mol. The second kappa shape index (κ2) is 8.60. The quantitative estimate of drug-likeness (QED) is 0.467. The minimum absolute atomic E-state index is 0.237.